The predicted octanol–water partition coefficient (Wildman–Crippen LogP) is 3.63. The Morgan fingerprint density at radius 2 is 1.59 bits per heavy atom. The van der Waals surface area contributed by atoms with Gasteiger partial charge in [0.1, 0.15) is 11.5 Å². The zero-order valence-electron chi connectivity index (χ0n) is 12.6. The predicted molar refractivity (Wildman–Crippen MR) is 94.2 cm³/mol. The fourth-order valence-electron chi connectivity index (χ4n) is 2.00. The molecule has 2 N–H and O–H groups in total. The number of hydrogen-bond acceptors (Lipinski definition) is 5. The lowest BCUT2D eigenvalue weighted by molar-refractivity contribution is 0.371. The number of rotatable bonds is 6. The lowest BCUT2D eigenvalue weighted by Gasteiger charge is -2.12. The second kappa shape index (κ2) is 7.44. The second-order valence-electron chi connectivity index (χ2n) is 4.58. The van der Waals surface area contributed by atoms with E-state index in [1.54, 1.807) is 14.2 Å². The minimum Gasteiger partial charge on any atom is -0.504 e. The molecule has 0 radical (unpaired) electrons. The van der Waals surface area contributed by atoms with Crippen LogP contribution in [0.15, 0.2) is 30.3 Å². The Bertz CT molecular complexity index is 639. The molecule has 0 atom stereocenters. The summed E-state index contributed by atoms with van der Waals surface area (Å²) in [6, 6.07) is 9.32. The minimum absolute atomic E-state index is 0.162. The van der Waals surface area contributed by atoms with Gasteiger partial charge in [-0.05, 0) is 40.3 Å². The molecule has 0 saturated carbocycles. The Morgan fingerprint density at radius 3 is 2.14 bits per heavy atom. The van der Waals surface area contributed by atoms with Crippen LogP contribution in [-0.2, 0) is 6.54 Å². The molecule has 2 aromatic rings. The topological polar surface area (TPSA) is 60.0 Å². The number of phenolic OH excluding ortho intramolecular Hbond substituents is 1. The third-order valence-electron chi connectivity index (χ3n) is 3.16. The van der Waals surface area contributed by atoms with E-state index in [0.717, 1.165) is 26.3 Å². The molecule has 0 heterocycles. The minimum atomic E-state index is 0.162. The Morgan fingerprint density at radius 1 is 0.955 bits per heavy atom. The number of aromatic hydroxyl groups is 1. The molecule has 2 rings (SSSR count). The number of anilines is 1. The lowest BCUT2D eigenvalue weighted by atomic mass is 10.2. The monoisotopic (exact) mass is 415 g/mol. The highest BCUT2D eigenvalue weighted by Crippen LogP contribution is 2.33. The first-order chi connectivity index (χ1) is 10.6. The summed E-state index contributed by atoms with van der Waals surface area (Å²) in [5.41, 5.74) is 1.89. The van der Waals surface area contributed by atoms with Crippen LogP contribution in [0, 0.1) is 3.57 Å². The molecule has 0 fully saturated rings. The maximum Gasteiger partial charge on any atom is 0.171 e. The number of methoxy groups -OCH3 is 3. The quantitative estimate of drug-likeness (QED) is 0.706. The van der Waals surface area contributed by atoms with Crippen LogP contribution >= 0.6 is 22.6 Å². The van der Waals surface area contributed by atoms with Crippen molar-refractivity contribution in [1.82, 2.24) is 0 Å². The molecule has 22 heavy (non-hydrogen) atoms. The molecular weight excluding hydrogens is 397 g/mol. The van der Waals surface area contributed by atoms with Crippen molar-refractivity contribution in [3.8, 4) is 23.0 Å². The van der Waals surface area contributed by atoms with E-state index in [1.165, 1.54) is 7.11 Å². The first kappa shape index (κ1) is 16.5. The second-order valence-corrected chi connectivity index (χ2v) is 5.75. The molecule has 0 aliphatic heterocycles. The third-order valence-corrected chi connectivity index (χ3v) is 3.98. The first-order valence-corrected chi connectivity index (χ1v) is 7.67. The average molecular weight is 415 g/mol. The summed E-state index contributed by atoms with van der Waals surface area (Å²) < 4.78 is 16.4. The zero-order valence-corrected chi connectivity index (χ0v) is 14.8. The molecule has 6 heteroatoms. The van der Waals surface area contributed by atoms with Crippen LogP contribution in [0.1, 0.15) is 5.56 Å². The van der Waals surface area contributed by atoms with E-state index < -0.39 is 0 Å². The Balaban J connectivity index is 2.18. The van der Waals surface area contributed by atoms with Gasteiger partial charge in [-0.15, -0.1) is 0 Å². The molecule has 0 aliphatic carbocycles. The highest BCUT2D eigenvalue weighted by Gasteiger charge is 2.09. The number of ether oxygens (including phenoxy) is 3. The molecule has 118 valence electrons. The molecule has 0 amide bonds. The molecule has 0 unspecified atom stereocenters. The van der Waals surface area contributed by atoms with E-state index in [2.05, 4.69) is 27.9 Å². The zero-order chi connectivity index (χ0) is 16.1. The molecule has 5 nitrogen and oxygen atoms in total. The van der Waals surface area contributed by atoms with Gasteiger partial charge in [0.15, 0.2) is 11.5 Å². The van der Waals surface area contributed by atoms with Gasteiger partial charge in [-0.2, -0.15) is 0 Å². The van der Waals surface area contributed by atoms with Crippen molar-refractivity contribution in [1.29, 1.82) is 0 Å². The number of nitrogens with one attached hydrogen (secondary N) is 1. The summed E-state index contributed by atoms with van der Waals surface area (Å²) in [4.78, 5) is 0. The summed E-state index contributed by atoms with van der Waals surface area (Å²) >= 11 is 2.08. The van der Waals surface area contributed by atoms with Gasteiger partial charge in [0, 0.05) is 30.4 Å². The molecular formula is C16H18INO4. The van der Waals surface area contributed by atoms with Crippen LogP contribution in [0.5, 0.6) is 23.0 Å². The number of hydrogen-bond donors (Lipinski definition) is 2. The van der Waals surface area contributed by atoms with E-state index in [-0.39, 0.29) is 5.75 Å². The lowest BCUT2D eigenvalue weighted by Crippen LogP contribution is -2.01. The van der Waals surface area contributed by atoms with Crippen LogP contribution in [0.25, 0.3) is 0 Å². The van der Waals surface area contributed by atoms with Gasteiger partial charge in [-0.3, -0.25) is 0 Å². The third kappa shape index (κ3) is 3.88. The van der Waals surface area contributed by atoms with Gasteiger partial charge in [0.25, 0.3) is 0 Å². The van der Waals surface area contributed by atoms with Crippen molar-refractivity contribution in [2.45, 2.75) is 6.54 Å². The van der Waals surface area contributed by atoms with E-state index in [9.17, 15) is 5.11 Å². The molecule has 0 aromatic heterocycles. The molecule has 0 bridgehead atoms. The largest absolute Gasteiger partial charge is 0.504 e. The SMILES string of the molecule is COc1cc(NCc2cc(I)c(O)c(OC)c2)cc(OC)c1. The fourth-order valence-corrected chi connectivity index (χ4v) is 2.66. The van der Waals surface area contributed by atoms with Crippen LogP contribution in [0.4, 0.5) is 5.69 Å². The summed E-state index contributed by atoms with van der Waals surface area (Å²) in [6.45, 7) is 0.586. The molecule has 0 aliphatic rings. The number of halogens is 1. The van der Waals surface area contributed by atoms with Gasteiger partial charge >= 0.3 is 0 Å². The van der Waals surface area contributed by atoms with E-state index in [1.807, 2.05) is 30.3 Å². The Labute approximate surface area is 143 Å². The molecule has 2 aromatic carbocycles. The summed E-state index contributed by atoms with van der Waals surface area (Å²) in [5.74, 6) is 2.07. The van der Waals surface area contributed by atoms with Crippen molar-refractivity contribution < 1.29 is 19.3 Å². The van der Waals surface area contributed by atoms with Gasteiger partial charge in [-0.25, -0.2) is 0 Å². The van der Waals surface area contributed by atoms with Crippen LogP contribution in [0.2, 0.25) is 0 Å². The van der Waals surface area contributed by atoms with Crippen molar-refractivity contribution >= 4 is 28.3 Å². The van der Waals surface area contributed by atoms with E-state index in [4.69, 9.17) is 14.2 Å². The maximum absolute atomic E-state index is 9.86. The summed E-state index contributed by atoms with van der Waals surface area (Å²) in [5, 5.41) is 13.2. The van der Waals surface area contributed by atoms with Gasteiger partial charge in [0.2, 0.25) is 0 Å². The highest BCUT2D eigenvalue weighted by atomic mass is 127. The highest BCUT2D eigenvalue weighted by molar-refractivity contribution is 14.1. The number of phenols is 1. The van der Waals surface area contributed by atoms with Crippen molar-refractivity contribution in [2.75, 3.05) is 26.6 Å². The van der Waals surface area contributed by atoms with Crippen LogP contribution in [0.3, 0.4) is 0 Å². The van der Waals surface area contributed by atoms with Gasteiger partial charge in [0.05, 0.1) is 24.9 Å². The van der Waals surface area contributed by atoms with Crippen molar-refractivity contribution in [3.05, 3.63) is 39.5 Å². The van der Waals surface area contributed by atoms with E-state index in [0.29, 0.717) is 12.3 Å². The van der Waals surface area contributed by atoms with Crippen LogP contribution < -0.4 is 19.5 Å². The normalized spacial score (nSPS) is 10.2. The Hall–Kier alpha value is -1.83. The van der Waals surface area contributed by atoms with E-state index >= 15 is 0 Å². The smallest absolute Gasteiger partial charge is 0.171 e. The van der Waals surface area contributed by atoms with Gasteiger partial charge in [-0.1, -0.05) is 0 Å². The molecule has 0 spiro atoms. The fraction of sp³-hybridized carbons (Fsp3) is 0.250. The maximum atomic E-state index is 9.86. The number of benzene rings is 2. The van der Waals surface area contributed by atoms with Gasteiger partial charge < -0.3 is 24.6 Å². The van der Waals surface area contributed by atoms with Crippen molar-refractivity contribution in [2.24, 2.45) is 0 Å². The standard InChI is InChI=1S/C16H18INO4/c1-20-12-6-11(7-13(8-12)21-2)18-9-10-4-14(17)16(19)15(5-10)22-3/h4-8,18-19H,9H2,1-3H3. The van der Waals surface area contributed by atoms with Crippen molar-refractivity contribution in [3.63, 3.8) is 0 Å². The van der Waals surface area contributed by atoms with Crippen LogP contribution in [-0.4, -0.2) is 26.4 Å². The molecule has 0 saturated heterocycles. The average Bonchev–Trinajstić information content (AvgIpc) is 2.55. The summed E-state index contributed by atoms with van der Waals surface area (Å²) in [7, 11) is 4.77. The first-order valence-electron chi connectivity index (χ1n) is 6.59. The Kier molecular flexibility index (Phi) is 5.59. The summed E-state index contributed by atoms with van der Waals surface area (Å²) in [6.07, 6.45) is 0.